The van der Waals surface area contributed by atoms with E-state index in [-0.39, 0.29) is 18.4 Å². The van der Waals surface area contributed by atoms with Crippen LogP contribution in [0.3, 0.4) is 0 Å². The molecule has 1 atom stereocenters. The lowest BCUT2D eigenvalue weighted by Crippen LogP contribution is -2.38. The number of hydrogen-bond donors (Lipinski definition) is 0. The fourth-order valence-electron chi connectivity index (χ4n) is 4.13. The van der Waals surface area contributed by atoms with Gasteiger partial charge in [0.25, 0.3) is 0 Å². The number of halogens is 1. The van der Waals surface area contributed by atoms with Crippen molar-refractivity contribution < 1.29 is 14.3 Å². The highest BCUT2D eigenvalue weighted by atomic mass is 35.5. The average molecular weight is 460 g/mol. The molecule has 3 heterocycles. The number of likely N-dealkylation sites (tertiary alicyclic amines) is 1. The Morgan fingerprint density at radius 2 is 2.03 bits per heavy atom. The number of carbonyl (C=O) groups is 2. The van der Waals surface area contributed by atoms with Gasteiger partial charge in [-0.2, -0.15) is 0 Å². The molecule has 0 N–H and O–H groups in total. The van der Waals surface area contributed by atoms with Crippen LogP contribution in [-0.2, 0) is 14.3 Å². The number of rotatable bonds is 5. The van der Waals surface area contributed by atoms with Crippen LogP contribution in [0.2, 0.25) is 5.02 Å². The molecule has 3 aliphatic heterocycles. The van der Waals surface area contributed by atoms with Gasteiger partial charge in [-0.1, -0.05) is 35.5 Å². The first-order chi connectivity index (χ1) is 14.8. The highest BCUT2D eigenvalue weighted by Crippen LogP contribution is 2.45. The normalized spacial score (nSPS) is 20.7. The van der Waals surface area contributed by atoms with Crippen LogP contribution in [0.5, 0.6) is 0 Å². The van der Waals surface area contributed by atoms with Gasteiger partial charge in [-0.15, -0.1) is 0 Å². The number of amides is 1. The van der Waals surface area contributed by atoms with Gasteiger partial charge in [-0.05, 0) is 56.7 Å². The lowest BCUT2D eigenvalue weighted by molar-refractivity contribution is -0.143. The first-order valence-electron chi connectivity index (χ1n) is 10.5. The fourth-order valence-corrected chi connectivity index (χ4v) is 5.30. The third-order valence-electron chi connectivity index (χ3n) is 5.52. The maximum absolute atomic E-state index is 13.1. The molecule has 1 aromatic carbocycles. The topological polar surface area (TPSA) is 62.2 Å². The van der Waals surface area contributed by atoms with Crippen molar-refractivity contribution in [1.82, 2.24) is 9.80 Å². The van der Waals surface area contributed by atoms with Gasteiger partial charge in [0.05, 0.1) is 29.8 Å². The van der Waals surface area contributed by atoms with Crippen molar-refractivity contribution in [3.63, 3.8) is 0 Å². The Hall–Kier alpha value is -2.25. The summed E-state index contributed by atoms with van der Waals surface area (Å²) in [5.41, 5.74) is 2.79. The van der Waals surface area contributed by atoms with Gasteiger partial charge in [0, 0.05) is 23.8 Å². The number of nitrogens with zero attached hydrogens (tertiary/aromatic N) is 3. The van der Waals surface area contributed by atoms with Crippen LogP contribution in [-0.4, -0.2) is 46.0 Å². The number of ether oxygens (including phenoxy) is 1. The van der Waals surface area contributed by atoms with E-state index < -0.39 is 12.0 Å². The van der Waals surface area contributed by atoms with Gasteiger partial charge in [0.15, 0.2) is 5.17 Å². The minimum atomic E-state index is -0.454. The van der Waals surface area contributed by atoms with Gasteiger partial charge in [0.1, 0.15) is 0 Å². The number of thioether (sulfide) groups is 1. The summed E-state index contributed by atoms with van der Waals surface area (Å²) in [6.07, 6.45) is 2.12. The van der Waals surface area contributed by atoms with Crippen molar-refractivity contribution in [3.8, 4) is 0 Å². The van der Waals surface area contributed by atoms with Crippen molar-refractivity contribution in [1.29, 1.82) is 0 Å². The molecular weight excluding hydrogens is 434 g/mol. The second-order valence-corrected chi connectivity index (χ2v) is 9.44. The van der Waals surface area contributed by atoms with Gasteiger partial charge >= 0.3 is 5.97 Å². The number of allylic oxidation sites excluding steroid dienone is 1. The summed E-state index contributed by atoms with van der Waals surface area (Å²) in [7, 11) is 0. The molecule has 3 aliphatic rings. The predicted molar refractivity (Wildman–Crippen MR) is 124 cm³/mol. The monoisotopic (exact) mass is 459 g/mol. The minimum Gasteiger partial charge on any atom is -0.459 e. The molecule has 164 valence electrons. The van der Waals surface area contributed by atoms with E-state index in [1.54, 1.807) is 6.07 Å². The summed E-state index contributed by atoms with van der Waals surface area (Å²) in [4.78, 5) is 34.6. The van der Waals surface area contributed by atoms with Crippen molar-refractivity contribution in [2.24, 2.45) is 4.99 Å². The Morgan fingerprint density at radius 3 is 2.71 bits per heavy atom. The number of carbonyl (C=O) groups excluding carboxylic acids is 2. The summed E-state index contributed by atoms with van der Waals surface area (Å²) in [5, 5.41) is 3.31. The van der Waals surface area contributed by atoms with E-state index in [9.17, 15) is 9.59 Å². The number of fused-ring (bicyclic) bond motifs is 1. The van der Waals surface area contributed by atoms with E-state index >= 15 is 0 Å². The van der Waals surface area contributed by atoms with Crippen molar-refractivity contribution >= 4 is 40.4 Å². The molecule has 0 radical (unpaired) electrons. The maximum Gasteiger partial charge on any atom is 0.338 e. The van der Waals surface area contributed by atoms with E-state index in [0.717, 1.165) is 42.4 Å². The molecule has 31 heavy (non-hydrogen) atoms. The molecule has 0 aromatic heterocycles. The van der Waals surface area contributed by atoms with E-state index in [1.807, 2.05) is 54.2 Å². The Kier molecular flexibility index (Phi) is 6.44. The van der Waals surface area contributed by atoms with Crippen LogP contribution in [0.4, 0.5) is 0 Å². The van der Waals surface area contributed by atoms with Crippen LogP contribution in [0.1, 0.15) is 51.6 Å². The fraction of sp³-hybridized carbons (Fsp3) is 0.435. The molecule has 0 saturated carbocycles. The van der Waals surface area contributed by atoms with Gasteiger partial charge in [-0.3, -0.25) is 4.79 Å². The molecule has 1 fully saturated rings. The highest BCUT2D eigenvalue weighted by Gasteiger charge is 2.41. The Labute approximate surface area is 192 Å². The quantitative estimate of drug-likeness (QED) is 0.587. The molecule has 0 bridgehead atoms. The van der Waals surface area contributed by atoms with Crippen LogP contribution in [0.25, 0.3) is 0 Å². The standard InChI is InChI=1S/C23H26ClN3O3S/c1-14(2)30-22(29)20-15(3)25-23-27(21(20)16-7-6-8-17(24)11-16)18(13-31-23)12-19(28)26-9-4-5-10-26/h6-8,11,13-14,21H,4-5,9-10,12H2,1-3H3. The predicted octanol–water partition coefficient (Wildman–Crippen LogP) is 4.88. The lowest BCUT2D eigenvalue weighted by atomic mass is 9.94. The number of hydrogen-bond acceptors (Lipinski definition) is 6. The van der Waals surface area contributed by atoms with Crippen molar-refractivity contribution in [2.75, 3.05) is 13.1 Å². The molecular formula is C23H26ClN3O3S. The largest absolute Gasteiger partial charge is 0.459 e. The molecule has 0 aliphatic carbocycles. The summed E-state index contributed by atoms with van der Waals surface area (Å²) in [6, 6.07) is 7.01. The Balaban J connectivity index is 1.72. The van der Waals surface area contributed by atoms with Crippen molar-refractivity contribution in [3.05, 3.63) is 57.2 Å². The first-order valence-corrected chi connectivity index (χ1v) is 11.8. The zero-order valence-corrected chi connectivity index (χ0v) is 19.5. The van der Waals surface area contributed by atoms with E-state index in [0.29, 0.717) is 16.3 Å². The maximum atomic E-state index is 13.1. The number of esters is 1. The first kappa shape index (κ1) is 22.0. The van der Waals surface area contributed by atoms with Crippen LogP contribution >= 0.6 is 23.4 Å². The van der Waals surface area contributed by atoms with E-state index in [4.69, 9.17) is 16.3 Å². The average Bonchev–Trinajstić information content (AvgIpc) is 3.37. The molecule has 8 heteroatoms. The Bertz CT molecular complexity index is 996. The zero-order valence-electron chi connectivity index (χ0n) is 17.9. The molecule has 1 aromatic rings. The molecule has 1 saturated heterocycles. The number of benzene rings is 1. The van der Waals surface area contributed by atoms with Crippen LogP contribution in [0.15, 0.2) is 51.6 Å². The lowest BCUT2D eigenvalue weighted by Gasteiger charge is -2.36. The van der Waals surface area contributed by atoms with Gasteiger partial charge < -0.3 is 14.5 Å². The number of amidine groups is 1. The summed E-state index contributed by atoms with van der Waals surface area (Å²) >= 11 is 7.78. The smallest absolute Gasteiger partial charge is 0.338 e. The molecule has 4 rings (SSSR count). The summed E-state index contributed by atoms with van der Waals surface area (Å²) < 4.78 is 5.56. The summed E-state index contributed by atoms with van der Waals surface area (Å²) in [5.74, 6) is -0.296. The number of aliphatic imine (C=N–C) groups is 1. The molecule has 1 unspecified atom stereocenters. The highest BCUT2D eigenvalue weighted by molar-refractivity contribution is 8.16. The second-order valence-electron chi connectivity index (χ2n) is 8.17. The molecule has 6 nitrogen and oxygen atoms in total. The van der Waals surface area contributed by atoms with Crippen LogP contribution in [0, 0.1) is 0 Å². The second kappa shape index (κ2) is 9.09. The summed E-state index contributed by atoms with van der Waals surface area (Å²) in [6.45, 7) is 7.09. The SMILES string of the molecule is CC1=C(C(=O)OC(C)C)C(c2cccc(Cl)c2)N2C(CC(=O)N3CCCC3)=CSC2=N1. The zero-order chi connectivity index (χ0) is 22.1. The minimum absolute atomic E-state index is 0.105. The third-order valence-corrected chi connectivity index (χ3v) is 6.64. The molecule has 0 spiro atoms. The third kappa shape index (κ3) is 4.53. The van der Waals surface area contributed by atoms with Crippen LogP contribution < -0.4 is 0 Å². The van der Waals surface area contributed by atoms with Crippen molar-refractivity contribution in [2.45, 2.75) is 52.2 Å². The molecule has 1 amide bonds. The van der Waals surface area contributed by atoms with E-state index in [2.05, 4.69) is 4.99 Å². The van der Waals surface area contributed by atoms with Gasteiger partial charge in [0.2, 0.25) is 5.91 Å². The Morgan fingerprint density at radius 1 is 1.29 bits per heavy atom. The van der Waals surface area contributed by atoms with Gasteiger partial charge in [-0.25, -0.2) is 9.79 Å². The van der Waals surface area contributed by atoms with E-state index in [1.165, 1.54) is 11.8 Å².